The van der Waals surface area contributed by atoms with Gasteiger partial charge in [0.25, 0.3) is 0 Å². The molecule has 0 radical (unpaired) electrons. The fourth-order valence-corrected chi connectivity index (χ4v) is 1.87. The van der Waals surface area contributed by atoms with Gasteiger partial charge in [0, 0.05) is 0 Å². The largest absolute Gasteiger partial charge is 0.438 e. The molecular formula is C16H13BN2O2. The second-order valence-corrected chi connectivity index (χ2v) is 4.35. The Morgan fingerprint density at radius 2 is 1.19 bits per heavy atom. The van der Waals surface area contributed by atoms with Crippen molar-refractivity contribution >= 4 is 7.69 Å². The third-order valence-corrected chi connectivity index (χ3v) is 2.96. The van der Waals surface area contributed by atoms with Crippen molar-refractivity contribution in [2.24, 2.45) is 0 Å². The predicted octanol–water partition coefficient (Wildman–Crippen LogP) is 2.43. The van der Waals surface area contributed by atoms with Crippen LogP contribution in [0.25, 0.3) is 0 Å². The maximum Gasteiger partial charge on any atom is 0.438 e. The van der Waals surface area contributed by atoms with Crippen molar-refractivity contribution in [1.82, 2.24) is 0 Å². The third-order valence-electron chi connectivity index (χ3n) is 2.96. The quantitative estimate of drug-likeness (QED) is 0.600. The highest BCUT2D eigenvalue weighted by atomic mass is 16.6. The van der Waals surface area contributed by atoms with Gasteiger partial charge < -0.3 is 9.31 Å². The van der Waals surface area contributed by atoms with E-state index in [1.54, 1.807) is 12.1 Å². The van der Waals surface area contributed by atoms with Crippen LogP contribution in [0, 0.1) is 22.7 Å². The van der Waals surface area contributed by atoms with E-state index in [1.165, 1.54) is 0 Å². The summed E-state index contributed by atoms with van der Waals surface area (Å²) in [7, 11) is 0.111. The smallest absolute Gasteiger partial charge is 0.410 e. The lowest BCUT2D eigenvalue weighted by molar-refractivity contribution is 0.207. The lowest BCUT2D eigenvalue weighted by atomic mass is 10.1. The van der Waals surface area contributed by atoms with E-state index < -0.39 is 0 Å². The molecule has 102 valence electrons. The summed E-state index contributed by atoms with van der Waals surface area (Å²) in [6.45, 7) is 0.646. The lowest BCUT2D eigenvalue weighted by Crippen LogP contribution is -2.06. The normalized spacial score (nSPS) is 9.62. The second kappa shape index (κ2) is 7.86. The minimum absolute atomic E-state index is 0.111. The number of hydrogen-bond donors (Lipinski definition) is 0. The molecule has 0 amide bonds. The van der Waals surface area contributed by atoms with E-state index in [0.29, 0.717) is 24.3 Å². The molecule has 0 saturated heterocycles. The van der Waals surface area contributed by atoms with E-state index in [0.717, 1.165) is 11.1 Å². The summed E-state index contributed by atoms with van der Waals surface area (Å²) in [5, 5.41) is 17.9. The molecule has 0 aliphatic heterocycles. The maximum absolute atomic E-state index is 8.96. The van der Waals surface area contributed by atoms with Crippen LogP contribution < -0.4 is 0 Å². The highest BCUT2D eigenvalue weighted by Crippen LogP contribution is 2.10. The van der Waals surface area contributed by atoms with Crippen molar-refractivity contribution in [3.05, 3.63) is 70.8 Å². The van der Waals surface area contributed by atoms with E-state index >= 15 is 0 Å². The monoisotopic (exact) mass is 276 g/mol. The number of benzene rings is 2. The van der Waals surface area contributed by atoms with Gasteiger partial charge in [-0.15, -0.1) is 0 Å². The average molecular weight is 276 g/mol. The summed E-state index contributed by atoms with van der Waals surface area (Å²) in [6, 6.07) is 18.8. The van der Waals surface area contributed by atoms with Crippen LogP contribution in [-0.4, -0.2) is 7.69 Å². The summed E-state index contributed by atoms with van der Waals surface area (Å²) in [4.78, 5) is 0. The van der Waals surface area contributed by atoms with Gasteiger partial charge in [0.1, 0.15) is 0 Å². The van der Waals surface area contributed by atoms with E-state index in [2.05, 4.69) is 12.1 Å². The van der Waals surface area contributed by atoms with Crippen molar-refractivity contribution in [2.45, 2.75) is 13.2 Å². The Hall–Kier alpha value is -2.60. The fourth-order valence-electron chi connectivity index (χ4n) is 1.87. The summed E-state index contributed by atoms with van der Waals surface area (Å²) in [6.07, 6.45) is 0. The zero-order chi connectivity index (χ0) is 14.9. The van der Waals surface area contributed by atoms with Gasteiger partial charge in [0.2, 0.25) is 0 Å². The SMILES string of the molecule is N#Cc1ccccc1COBOCc1ccccc1C#N. The lowest BCUT2D eigenvalue weighted by Gasteiger charge is -2.07. The van der Waals surface area contributed by atoms with E-state index in [-0.39, 0.29) is 7.69 Å². The third kappa shape index (κ3) is 4.19. The fraction of sp³-hybridized carbons (Fsp3) is 0.125. The minimum Gasteiger partial charge on any atom is -0.410 e. The molecule has 2 rings (SSSR count). The molecule has 0 N–H and O–H groups in total. The molecule has 21 heavy (non-hydrogen) atoms. The summed E-state index contributed by atoms with van der Waals surface area (Å²) < 4.78 is 10.8. The first-order chi connectivity index (χ1) is 10.3. The first-order valence-electron chi connectivity index (χ1n) is 6.46. The predicted molar refractivity (Wildman–Crippen MR) is 79.0 cm³/mol. The van der Waals surface area contributed by atoms with Gasteiger partial charge >= 0.3 is 7.69 Å². The Morgan fingerprint density at radius 3 is 1.62 bits per heavy atom. The Balaban J connectivity index is 1.78. The Morgan fingerprint density at radius 1 is 0.762 bits per heavy atom. The van der Waals surface area contributed by atoms with Crippen LogP contribution >= 0.6 is 0 Å². The summed E-state index contributed by atoms with van der Waals surface area (Å²) in [5.74, 6) is 0. The van der Waals surface area contributed by atoms with Crippen molar-refractivity contribution in [1.29, 1.82) is 10.5 Å². The van der Waals surface area contributed by atoms with Crippen molar-refractivity contribution in [3.8, 4) is 12.1 Å². The molecule has 4 nitrogen and oxygen atoms in total. The van der Waals surface area contributed by atoms with E-state index in [9.17, 15) is 0 Å². The minimum atomic E-state index is 0.111. The van der Waals surface area contributed by atoms with Crippen molar-refractivity contribution in [3.63, 3.8) is 0 Å². The molecule has 0 aromatic heterocycles. The zero-order valence-corrected chi connectivity index (χ0v) is 11.5. The van der Waals surface area contributed by atoms with Crippen molar-refractivity contribution in [2.75, 3.05) is 0 Å². The average Bonchev–Trinajstić information content (AvgIpc) is 2.55. The standard InChI is InChI=1S/C16H13BN2O2/c18-9-13-5-1-3-7-15(13)11-20-17-21-12-16-8-4-2-6-14(16)10-19/h1-8,17H,11-12H2. The van der Waals surface area contributed by atoms with Gasteiger partial charge in [-0.25, -0.2) is 0 Å². The van der Waals surface area contributed by atoms with E-state index in [1.807, 2.05) is 36.4 Å². The van der Waals surface area contributed by atoms with E-state index in [4.69, 9.17) is 19.8 Å². The topological polar surface area (TPSA) is 66.0 Å². The summed E-state index contributed by atoms with van der Waals surface area (Å²) >= 11 is 0. The maximum atomic E-state index is 8.96. The number of nitrogens with zero attached hydrogens (tertiary/aromatic N) is 2. The Kier molecular flexibility index (Phi) is 5.54. The molecule has 0 heterocycles. The molecule has 0 aliphatic carbocycles. The van der Waals surface area contributed by atoms with Gasteiger partial charge in [0.05, 0.1) is 36.5 Å². The molecule has 2 aromatic rings. The first-order valence-corrected chi connectivity index (χ1v) is 6.46. The van der Waals surface area contributed by atoms with Crippen LogP contribution in [0.3, 0.4) is 0 Å². The van der Waals surface area contributed by atoms with Gasteiger partial charge in [-0.2, -0.15) is 10.5 Å². The first kappa shape index (κ1) is 14.8. The van der Waals surface area contributed by atoms with Crippen LogP contribution in [0.5, 0.6) is 0 Å². The Bertz CT molecular complexity index is 630. The molecule has 0 bridgehead atoms. The number of nitriles is 2. The second-order valence-electron chi connectivity index (χ2n) is 4.35. The van der Waals surface area contributed by atoms with Crippen molar-refractivity contribution < 1.29 is 9.31 Å². The van der Waals surface area contributed by atoms with Gasteiger partial charge in [-0.3, -0.25) is 0 Å². The van der Waals surface area contributed by atoms with Crippen LogP contribution in [0.1, 0.15) is 22.3 Å². The van der Waals surface area contributed by atoms with Crippen LogP contribution in [0.15, 0.2) is 48.5 Å². The zero-order valence-electron chi connectivity index (χ0n) is 11.5. The van der Waals surface area contributed by atoms with Crippen LogP contribution in [0.4, 0.5) is 0 Å². The molecule has 5 heteroatoms. The molecule has 0 unspecified atom stereocenters. The molecule has 0 spiro atoms. The van der Waals surface area contributed by atoms with Crippen LogP contribution in [-0.2, 0) is 22.5 Å². The molecule has 0 atom stereocenters. The van der Waals surface area contributed by atoms with Gasteiger partial charge in [-0.05, 0) is 23.3 Å². The molecular weight excluding hydrogens is 263 g/mol. The summed E-state index contributed by atoms with van der Waals surface area (Å²) in [5.41, 5.74) is 2.88. The molecule has 0 aliphatic rings. The van der Waals surface area contributed by atoms with Gasteiger partial charge in [-0.1, -0.05) is 36.4 Å². The van der Waals surface area contributed by atoms with Crippen LogP contribution in [0.2, 0.25) is 0 Å². The highest BCUT2D eigenvalue weighted by Gasteiger charge is 2.03. The number of hydrogen-bond acceptors (Lipinski definition) is 4. The van der Waals surface area contributed by atoms with Gasteiger partial charge in [0.15, 0.2) is 0 Å². The molecule has 0 fully saturated rings. The highest BCUT2D eigenvalue weighted by molar-refractivity contribution is 6.17. The Labute approximate surface area is 124 Å². The molecule has 0 saturated carbocycles. The number of rotatable bonds is 6. The molecule has 2 aromatic carbocycles.